The molecule has 1 aromatic carbocycles. The lowest BCUT2D eigenvalue weighted by atomic mass is 10.2. The maximum absolute atomic E-state index is 9.09. The molecule has 5 nitrogen and oxygen atoms in total. The molecule has 92 valence electrons. The van der Waals surface area contributed by atoms with Crippen molar-refractivity contribution in [3.8, 4) is 17.7 Å². The number of furan rings is 1. The van der Waals surface area contributed by atoms with Crippen molar-refractivity contribution in [2.75, 3.05) is 0 Å². The molecule has 0 N–H and O–H groups in total. The van der Waals surface area contributed by atoms with Crippen LogP contribution in [0.25, 0.3) is 11.0 Å². The fourth-order valence-corrected chi connectivity index (χ4v) is 1.96. The summed E-state index contributed by atoms with van der Waals surface area (Å²) in [5.41, 5.74) is 0.599. The SMILES string of the molecule is N#Cc1oc2ccccc2c1Oc1cc(Br)ncn1. The Morgan fingerprint density at radius 1 is 1.26 bits per heavy atom. The van der Waals surface area contributed by atoms with Gasteiger partial charge in [0.15, 0.2) is 5.75 Å². The molecule has 0 saturated carbocycles. The quantitative estimate of drug-likeness (QED) is 0.675. The Morgan fingerprint density at radius 2 is 2.11 bits per heavy atom. The van der Waals surface area contributed by atoms with Crippen LogP contribution in [0, 0.1) is 11.3 Å². The summed E-state index contributed by atoms with van der Waals surface area (Å²) < 4.78 is 11.6. The number of nitriles is 1. The molecular weight excluding hydrogens is 310 g/mol. The van der Waals surface area contributed by atoms with Crippen molar-refractivity contribution in [3.05, 3.63) is 47.0 Å². The Kier molecular flexibility index (Phi) is 2.89. The normalized spacial score (nSPS) is 10.3. The van der Waals surface area contributed by atoms with Crippen molar-refractivity contribution < 1.29 is 9.15 Å². The smallest absolute Gasteiger partial charge is 0.247 e. The van der Waals surface area contributed by atoms with Crippen molar-refractivity contribution >= 4 is 26.9 Å². The molecule has 0 saturated heterocycles. The summed E-state index contributed by atoms with van der Waals surface area (Å²) in [5.74, 6) is 0.824. The van der Waals surface area contributed by atoms with Gasteiger partial charge in [-0.3, -0.25) is 0 Å². The van der Waals surface area contributed by atoms with Crippen LogP contribution in [-0.4, -0.2) is 9.97 Å². The van der Waals surface area contributed by atoms with Crippen LogP contribution in [0.3, 0.4) is 0 Å². The van der Waals surface area contributed by atoms with Gasteiger partial charge in [0, 0.05) is 6.07 Å². The fourth-order valence-electron chi connectivity index (χ4n) is 1.67. The summed E-state index contributed by atoms with van der Waals surface area (Å²) in [4.78, 5) is 7.89. The predicted octanol–water partition coefficient (Wildman–Crippen LogP) is 3.65. The third kappa shape index (κ3) is 2.16. The molecule has 0 aliphatic rings. The number of hydrogen-bond acceptors (Lipinski definition) is 5. The van der Waals surface area contributed by atoms with E-state index in [1.54, 1.807) is 12.1 Å². The van der Waals surface area contributed by atoms with Gasteiger partial charge in [0.1, 0.15) is 22.6 Å². The molecule has 0 aliphatic carbocycles. The van der Waals surface area contributed by atoms with Gasteiger partial charge in [0.25, 0.3) is 0 Å². The van der Waals surface area contributed by atoms with Crippen molar-refractivity contribution in [3.63, 3.8) is 0 Å². The fraction of sp³-hybridized carbons (Fsp3) is 0. The molecule has 6 heteroatoms. The van der Waals surface area contributed by atoms with Crippen molar-refractivity contribution in [2.24, 2.45) is 0 Å². The molecule has 0 fully saturated rings. The van der Waals surface area contributed by atoms with Gasteiger partial charge in [-0.1, -0.05) is 12.1 Å². The minimum atomic E-state index is 0.121. The van der Waals surface area contributed by atoms with E-state index in [1.165, 1.54) is 6.33 Å². The number of para-hydroxylation sites is 1. The number of fused-ring (bicyclic) bond motifs is 1. The topological polar surface area (TPSA) is 71.9 Å². The standard InChI is InChI=1S/C13H6BrN3O2/c14-11-5-12(17-7-16-11)19-13-8-3-1-2-4-9(8)18-10(13)6-15/h1-5,7H. The molecule has 0 amide bonds. The van der Waals surface area contributed by atoms with E-state index >= 15 is 0 Å². The second-order valence-corrected chi connectivity index (χ2v) is 4.46. The first-order valence-electron chi connectivity index (χ1n) is 5.35. The van der Waals surface area contributed by atoms with Crippen LogP contribution in [0.15, 0.2) is 45.7 Å². The van der Waals surface area contributed by atoms with Crippen LogP contribution in [0.2, 0.25) is 0 Å². The molecule has 0 aliphatic heterocycles. The van der Waals surface area contributed by atoms with E-state index < -0.39 is 0 Å². The number of hydrogen-bond donors (Lipinski definition) is 0. The lowest BCUT2D eigenvalue weighted by Gasteiger charge is -2.02. The summed E-state index contributed by atoms with van der Waals surface area (Å²) in [7, 11) is 0. The highest BCUT2D eigenvalue weighted by atomic mass is 79.9. The Balaban J connectivity index is 2.12. The average Bonchev–Trinajstić information content (AvgIpc) is 2.77. The molecule has 19 heavy (non-hydrogen) atoms. The Hall–Kier alpha value is -2.39. The third-order valence-corrected chi connectivity index (χ3v) is 2.90. The van der Waals surface area contributed by atoms with Crippen molar-refractivity contribution in [2.45, 2.75) is 0 Å². The van der Waals surface area contributed by atoms with E-state index in [0.29, 0.717) is 21.8 Å². The maximum atomic E-state index is 9.09. The van der Waals surface area contributed by atoms with Crippen molar-refractivity contribution in [1.29, 1.82) is 5.26 Å². The zero-order chi connectivity index (χ0) is 13.2. The van der Waals surface area contributed by atoms with Crippen LogP contribution < -0.4 is 4.74 Å². The lowest BCUT2D eigenvalue weighted by Crippen LogP contribution is -1.89. The molecule has 3 rings (SSSR count). The van der Waals surface area contributed by atoms with Gasteiger partial charge < -0.3 is 9.15 Å². The molecule has 0 bridgehead atoms. The number of rotatable bonds is 2. The summed E-state index contributed by atoms with van der Waals surface area (Å²) >= 11 is 3.23. The molecule has 2 aromatic heterocycles. The van der Waals surface area contributed by atoms with Crippen LogP contribution in [0.4, 0.5) is 0 Å². The number of benzene rings is 1. The Labute approximate surface area is 116 Å². The van der Waals surface area contributed by atoms with Gasteiger partial charge in [-0.15, -0.1) is 0 Å². The van der Waals surface area contributed by atoms with Gasteiger partial charge >= 0.3 is 0 Å². The van der Waals surface area contributed by atoms with Crippen LogP contribution in [0.5, 0.6) is 11.6 Å². The molecule has 3 aromatic rings. The minimum absolute atomic E-state index is 0.121. The van der Waals surface area contributed by atoms with Crippen molar-refractivity contribution in [1.82, 2.24) is 9.97 Å². The Bertz CT molecular complexity index is 792. The number of aromatic nitrogens is 2. The monoisotopic (exact) mass is 315 g/mol. The number of ether oxygens (including phenoxy) is 1. The second kappa shape index (κ2) is 4.71. The highest BCUT2D eigenvalue weighted by molar-refractivity contribution is 9.10. The summed E-state index contributed by atoms with van der Waals surface area (Å²) in [6.45, 7) is 0. The third-order valence-electron chi connectivity index (χ3n) is 2.47. The van der Waals surface area contributed by atoms with E-state index in [9.17, 15) is 0 Å². The minimum Gasteiger partial charge on any atom is -0.442 e. The first-order valence-corrected chi connectivity index (χ1v) is 6.14. The van der Waals surface area contributed by atoms with Gasteiger partial charge in [0.2, 0.25) is 11.6 Å². The van der Waals surface area contributed by atoms with Crippen LogP contribution in [0.1, 0.15) is 5.76 Å². The Morgan fingerprint density at radius 3 is 2.89 bits per heavy atom. The largest absolute Gasteiger partial charge is 0.442 e. The van der Waals surface area contributed by atoms with E-state index in [0.717, 1.165) is 5.39 Å². The molecular formula is C13H6BrN3O2. The van der Waals surface area contributed by atoms with Crippen LogP contribution >= 0.6 is 15.9 Å². The van der Waals surface area contributed by atoms with Gasteiger partial charge in [0.05, 0.1) is 5.39 Å². The van der Waals surface area contributed by atoms with E-state index in [1.807, 2.05) is 24.3 Å². The molecule has 0 atom stereocenters. The zero-order valence-electron chi connectivity index (χ0n) is 9.50. The molecule has 0 spiro atoms. The van der Waals surface area contributed by atoms with Crippen LogP contribution in [-0.2, 0) is 0 Å². The lowest BCUT2D eigenvalue weighted by molar-refractivity contribution is 0.448. The first kappa shape index (κ1) is 11.7. The summed E-state index contributed by atoms with van der Waals surface area (Å²) in [6.07, 6.45) is 1.37. The van der Waals surface area contributed by atoms with Gasteiger partial charge in [-0.05, 0) is 28.1 Å². The van der Waals surface area contributed by atoms with E-state index in [2.05, 4.69) is 25.9 Å². The average molecular weight is 316 g/mol. The second-order valence-electron chi connectivity index (χ2n) is 3.65. The molecule has 0 radical (unpaired) electrons. The summed E-state index contributed by atoms with van der Waals surface area (Å²) in [6, 6.07) is 10.9. The van der Waals surface area contributed by atoms with Gasteiger partial charge in [-0.2, -0.15) is 5.26 Å². The van der Waals surface area contributed by atoms with E-state index in [-0.39, 0.29) is 5.76 Å². The maximum Gasteiger partial charge on any atom is 0.247 e. The molecule has 0 unspecified atom stereocenters. The highest BCUT2D eigenvalue weighted by Crippen LogP contribution is 2.35. The molecule has 2 heterocycles. The highest BCUT2D eigenvalue weighted by Gasteiger charge is 2.16. The number of nitrogens with zero attached hydrogens (tertiary/aromatic N) is 3. The zero-order valence-corrected chi connectivity index (χ0v) is 11.1. The first-order chi connectivity index (χ1) is 9.28. The van der Waals surface area contributed by atoms with Gasteiger partial charge in [-0.25, -0.2) is 9.97 Å². The van der Waals surface area contributed by atoms with E-state index in [4.69, 9.17) is 14.4 Å². The summed E-state index contributed by atoms with van der Waals surface area (Å²) in [5, 5.41) is 9.82. The number of halogens is 1. The predicted molar refractivity (Wildman–Crippen MR) is 70.7 cm³/mol.